The van der Waals surface area contributed by atoms with Crippen LogP contribution in [0.2, 0.25) is 0 Å². The molecule has 0 saturated carbocycles. The van der Waals surface area contributed by atoms with Crippen molar-refractivity contribution in [2.75, 3.05) is 0 Å². The zero-order chi connectivity index (χ0) is 22.7. The molecule has 2 aromatic carbocycles. The monoisotopic (exact) mass is 442 g/mol. The van der Waals surface area contributed by atoms with Crippen LogP contribution in [-0.2, 0) is 12.3 Å². The summed E-state index contributed by atoms with van der Waals surface area (Å²) in [5, 5.41) is 9.89. The minimum Gasteiger partial charge on any atom is -0.298 e. The lowest BCUT2D eigenvalue weighted by Gasteiger charge is -2.16. The molecule has 4 rings (SSSR count). The molecule has 0 unspecified atom stereocenters. The first-order valence-corrected chi connectivity index (χ1v) is 11.5. The van der Waals surface area contributed by atoms with E-state index in [0.29, 0.717) is 6.54 Å². The third-order valence-corrected chi connectivity index (χ3v) is 6.66. The Morgan fingerprint density at radius 1 is 0.969 bits per heavy atom. The predicted molar refractivity (Wildman–Crippen MR) is 129 cm³/mol. The lowest BCUT2D eigenvalue weighted by Crippen LogP contribution is -2.06. The summed E-state index contributed by atoms with van der Waals surface area (Å²) in [4.78, 5) is 16.3. The lowest BCUT2D eigenvalue weighted by atomic mass is 9.92. The van der Waals surface area contributed by atoms with Crippen molar-refractivity contribution in [3.05, 3.63) is 94.3 Å². The van der Waals surface area contributed by atoms with Crippen molar-refractivity contribution >= 4 is 17.5 Å². The number of hydrogen-bond donors (Lipinski definition) is 0. The van der Waals surface area contributed by atoms with Crippen LogP contribution in [0, 0.1) is 20.8 Å². The average Bonchev–Trinajstić information content (AvgIpc) is 3.16. The highest BCUT2D eigenvalue weighted by Crippen LogP contribution is 2.31. The van der Waals surface area contributed by atoms with E-state index in [4.69, 9.17) is 0 Å². The zero-order valence-electron chi connectivity index (χ0n) is 18.8. The standard InChI is InChI=1S/C26H26N4OS/c1-17-14-18(2)24(20(4)31)19(3)23(17)16-32-26-29-28-25(22-10-12-27-13-11-22)30(26)15-21-8-6-5-7-9-21/h5-14H,15-16H2,1-4H3. The van der Waals surface area contributed by atoms with Crippen LogP contribution in [0.3, 0.4) is 0 Å². The minimum absolute atomic E-state index is 0.110. The first-order valence-electron chi connectivity index (χ1n) is 10.6. The first kappa shape index (κ1) is 22.0. The molecule has 32 heavy (non-hydrogen) atoms. The van der Waals surface area contributed by atoms with Crippen molar-refractivity contribution in [3.63, 3.8) is 0 Å². The number of Topliss-reactive ketones (excluding diaryl/α,β-unsaturated/α-hetero) is 1. The number of carbonyl (C=O) groups is 1. The molecular weight excluding hydrogens is 416 g/mol. The zero-order valence-corrected chi connectivity index (χ0v) is 19.6. The second kappa shape index (κ2) is 9.49. The molecule has 0 N–H and O–H groups in total. The summed E-state index contributed by atoms with van der Waals surface area (Å²) >= 11 is 1.65. The first-order chi connectivity index (χ1) is 15.5. The minimum atomic E-state index is 0.110. The highest BCUT2D eigenvalue weighted by molar-refractivity contribution is 7.98. The number of benzene rings is 2. The van der Waals surface area contributed by atoms with Crippen molar-refractivity contribution in [2.24, 2.45) is 0 Å². The van der Waals surface area contributed by atoms with E-state index in [1.807, 2.05) is 44.2 Å². The molecule has 2 heterocycles. The molecule has 0 radical (unpaired) electrons. The summed E-state index contributed by atoms with van der Waals surface area (Å²) in [6.07, 6.45) is 3.54. The normalized spacial score (nSPS) is 11.0. The van der Waals surface area contributed by atoms with Gasteiger partial charge in [-0.25, -0.2) is 0 Å². The smallest absolute Gasteiger partial charge is 0.192 e. The SMILES string of the molecule is CC(=O)c1c(C)cc(C)c(CSc2nnc(-c3ccncc3)n2Cc2ccccc2)c1C. The maximum Gasteiger partial charge on any atom is 0.192 e. The van der Waals surface area contributed by atoms with E-state index in [0.717, 1.165) is 39.0 Å². The fraction of sp³-hybridized carbons (Fsp3) is 0.231. The number of aromatic nitrogens is 4. The van der Waals surface area contributed by atoms with Gasteiger partial charge in [-0.3, -0.25) is 14.3 Å². The molecular formula is C26H26N4OS. The van der Waals surface area contributed by atoms with Gasteiger partial charge >= 0.3 is 0 Å². The fourth-order valence-electron chi connectivity index (χ4n) is 4.15. The molecule has 4 aromatic rings. The summed E-state index contributed by atoms with van der Waals surface area (Å²) in [7, 11) is 0. The van der Waals surface area contributed by atoms with Gasteiger partial charge in [-0.2, -0.15) is 0 Å². The van der Waals surface area contributed by atoms with Gasteiger partial charge in [0.05, 0.1) is 6.54 Å². The van der Waals surface area contributed by atoms with Gasteiger partial charge in [-0.15, -0.1) is 10.2 Å². The van der Waals surface area contributed by atoms with Crippen LogP contribution in [0.25, 0.3) is 11.4 Å². The number of hydrogen-bond acceptors (Lipinski definition) is 5. The predicted octanol–water partition coefficient (Wildman–Crippen LogP) is 5.81. The highest BCUT2D eigenvalue weighted by atomic mass is 32.2. The molecule has 162 valence electrons. The summed E-state index contributed by atoms with van der Waals surface area (Å²) in [6.45, 7) is 8.48. The van der Waals surface area contributed by atoms with E-state index in [-0.39, 0.29) is 5.78 Å². The molecule has 0 aliphatic carbocycles. The Labute approximate surface area is 192 Å². The maximum atomic E-state index is 12.2. The molecule has 6 heteroatoms. The van der Waals surface area contributed by atoms with E-state index in [9.17, 15) is 4.79 Å². The molecule has 5 nitrogen and oxygen atoms in total. The maximum absolute atomic E-state index is 12.2. The van der Waals surface area contributed by atoms with Gasteiger partial charge in [-0.05, 0) is 67.6 Å². The van der Waals surface area contributed by atoms with Gasteiger partial charge in [0.2, 0.25) is 0 Å². The third kappa shape index (κ3) is 4.50. The summed E-state index contributed by atoms with van der Waals surface area (Å²) in [5.74, 6) is 1.65. The molecule has 0 amide bonds. The topological polar surface area (TPSA) is 60.7 Å². The largest absolute Gasteiger partial charge is 0.298 e. The Hall–Kier alpha value is -3.25. The number of pyridine rings is 1. The Morgan fingerprint density at radius 3 is 2.38 bits per heavy atom. The van der Waals surface area contributed by atoms with Gasteiger partial charge in [0, 0.05) is 29.3 Å². The number of nitrogens with zero attached hydrogens (tertiary/aromatic N) is 4. The number of rotatable bonds is 7. The van der Waals surface area contributed by atoms with Crippen molar-refractivity contribution in [3.8, 4) is 11.4 Å². The molecule has 0 aliphatic heterocycles. The molecule has 0 saturated heterocycles. The quantitative estimate of drug-likeness (QED) is 0.267. The van der Waals surface area contributed by atoms with Crippen molar-refractivity contribution in [1.29, 1.82) is 0 Å². The Bertz CT molecular complexity index is 1250. The fourth-order valence-corrected chi connectivity index (χ4v) is 5.27. The molecule has 2 aromatic heterocycles. The van der Waals surface area contributed by atoms with E-state index in [2.05, 4.69) is 44.9 Å². The molecule has 0 fully saturated rings. The van der Waals surface area contributed by atoms with Gasteiger partial charge in [-0.1, -0.05) is 48.2 Å². The van der Waals surface area contributed by atoms with E-state index < -0.39 is 0 Å². The number of aryl methyl sites for hydroxylation is 2. The summed E-state index contributed by atoms with van der Waals surface area (Å²) < 4.78 is 2.15. The Morgan fingerprint density at radius 2 is 1.69 bits per heavy atom. The van der Waals surface area contributed by atoms with Crippen LogP contribution in [-0.4, -0.2) is 25.5 Å². The van der Waals surface area contributed by atoms with Crippen LogP contribution in [0.15, 0.2) is 66.1 Å². The molecule has 0 spiro atoms. The Balaban J connectivity index is 1.70. The van der Waals surface area contributed by atoms with E-state index in [1.165, 1.54) is 16.7 Å². The summed E-state index contributed by atoms with van der Waals surface area (Å²) in [5.41, 5.74) is 7.48. The number of carbonyl (C=O) groups excluding carboxylic acids is 1. The van der Waals surface area contributed by atoms with Crippen molar-refractivity contribution < 1.29 is 4.79 Å². The highest BCUT2D eigenvalue weighted by Gasteiger charge is 2.18. The molecule has 0 aliphatic rings. The van der Waals surface area contributed by atoms with Crippen LogP contribution in [0.1, 0.15) is 45.1 Å². The van der Waals surface area contributed by atoms with Crippen molar-refractivity contribution in [1.82, 2.24) is 19.7 Å². The molecule has 0 atom stereocenters. The number of thioether (sulfide) groups is 1. The van der Waals surface area contributed by atoms with Crippen molar-refractivity contribution in [2.45, 2.75) is 45.1 Å². The molecule has 0 bridgehead atoms. The van der Waals surface area contributed by atoms with Gasteiger partial charge in [0.1, 0.15) is 0 Å². The summed E-state index contributed by atoms with van der Waals surface area (Å²) in [6, 6.07) is 16.3. The second-order valence-corrected chi connectivity index (χ2v) is 8.89. The second-order valence-electron chi connectivity index (χ2n) is 7.95. The van der Waals surface area contributed by atoms with Crippen LogP contribution in [0.4, 0.5) is 0 Å². The van der Waals surface area contributed by atoms with Gasteiger partial charge < -0.3 is 0 Å². The lowest BCUT2D eigenvalue weighted by molar-refractivity contribution is 0.101. The average molecular weight is 443 g/mol. The van der Waals surface area contributed by atoms with E-state index in [1.54, 1.807) is 31.1 Å². The van der Waals surface area contributed by atoms with Gasteiger partial charge in [0.15, 0.2) is 16.8 Å². The Kier molecular flexibility index (Phi) is 6.51. The third-order valence-electron chi connectivity index (χ3n) is 5.67. The van der Waals surface area contributed by atoms with Crippen LogP contribution >= 0.6 is 11.8 Å². The number of ketones is 1. The van der Waals surface area contributed by atoms with Crippen LogP contribution < -0.4 is 0 Å². The van der Waals surface area contributed by atoms with Crippen LogP contribution in [0.5, 0.6) is 0 Å². The van der Waals surface area contributed by atoms with E-state index >= 15 is 0 Å². The van der Waals surface area contributed by atoms with Gasteiger partial charge in [0.25, 0.3) is 0 Å².